The fourth-order valence-electron chi connectivity index (χ4n) is 3.35. The molecule has 4 rings (SSSR count). The summed E-state index contributed by atoms with van der Waals surface area (Å²) in [5, 5.41) is 0.962. The van der Waals surface area contributed by atoms with Crippen LogP contribution < -0.4 is 10.3 Å². The van der Waals surface area contributed by atoms with Crippen LogP contribution in [0.4, 0.5) is 5.69 Å². The SMILES string of the molecule is CC(=O)N1C(=O)C(=C2SC(=S)N(NC(=O)c3ccccc3C)C2=O)c2ccccc21. The molecule has 2 heterocycles. The summed E-state index contributed by atoms with van der Waals surface area (Å²) in [4.78, 5) is 51.8. The maximum Gasteiger partial charge on any atom is 0.286 e. The Kier molecular flexibility index (Phi) is 5.00. The number of thioether (sulfide) groups is 1. The third-order valence-electron chi connectivity index (χ3n) is 4.75. The van der Waals surface area contributed by atoms with E-state index in [0.717, 1.165) is 27.2 Å². The Morgan fingerprint density at radius 1 is 1.00 bits per heavy atom. The molecule has 0 radical (unpaired) electrons. The van der Waals surface area contributed by atoms with Crippen LogP contribution in [-0.4, -0.2) is 33.0 Å². The van der Waals surface area contributed by atoms with Gasteiger partial charge in [-0.25, -0.2) is 4.90 Å². The van der Waals surface area contributed by atoms with Crippen molar-refractivity contribution in [2.75, 3.05) is 4.90 Å². The standard InChI is InChI=1S/C21H15N3O4S2/c1-11-7-3-4-8-13(11)18(26)22-24-20(28)17(30-21(24)29)16-14-9-5-6-10-15(14)23(12(2)25)19(16)27/h3-10H,1-2H3,(H,22,26). The zero-order valence-electron chi connectivity index (χ0n) is 16.0. The molecule has 0 aromatic heterocycles. The molecule has 2 aliphatic rings. The Bertz CT molecular complexity index is 1190. The van der Waals surface area contributed by atoms with Crippen molar-refractivity contribution < 1.29 is 19.2 Å². The molecule has 1 N–H and O–H groups in total. The van der Waals surface area contributed by atoms with Crippen LogP contribution in [0.1, 0.15) is 28.4 Å². The van der Waals surface area contributed by atoms with Crippen LogP contribution in [-0.2, 0) is 14.4 Å². The molecule has 7 nitrogen and oxygen atoms in total. The van der Waals surface area contributed by atoms with Crippen LogP contribution in [0, 0.1) is 6.92 Å². The van der Waals surface area contributed by atoms with E-state index < -0.39 is 23.6 Å². The quantitative estimate of drug-likeness (QED) is 0.574. The number of carbonyl (C=O) groups excluding carboxylic acids is 4. The number of imide groups is 1. The Hall–Kier alpha value is -3.30. The number of para-hydroxylation sites is 1. The van der Waals surface area contributed by atoms with Gasteiger partial charge in [-0.2, -0.15) is 5.01 Å². The summed E-state index contributed by atoms with van der Waals surface area (Å²) >= 11 is 6.19. The first kappa shape index (κ1) is 20.0. The maximum absolute atomic E-state index is 13.1. The van der Waals surface area contributed by atoms with Crippen molar-refractivity contribution in [2.45, 2.75) is 13.8 Å². The minimum absolute atomic E-state index is 0.0753. The van der Waals surface area contributed by atoms with Crippen molar-refractivity contribution in [3.05, 3.63) is 70.1 Å². The number of nitrogens with one attached hydrogen (secondary N) is 1. The molecule has 2 aromatic rings. The number of amides is 4. The van der Waals surface area contributed by atoms with Gasteiger partial charge in [-0.1, -0.05) is 48.2 Å². The molecule has 0 atom stereocenters. The van der Waals surface area contributed by atoms with Crippen molar-refractivity contribution in [1.29, 1.82) is 0 Å². The van der Waals surface area contributed by atoms with E-state index in [0.29, 0.717) is 16.8 Å². The summed E-state index contributed by atoms with van der Waals surface area (Å²) in [5.74, 6) is -2.14. The van der Waals surface area contributed by atoms with Gasteiger partial charge < -0.3 is 0 Å². The van der Waals surface area contributed by atoms with Gasteiger partial charge in [-0.3, -0.25) is 24.6 Å². The lowest BCUT2D eigenvalue weighted by molar-refractivity contribution is -0.125. The molecule has 0 spiro atoms. The molecule has 0 saturated carbocycles. The number of thiocarbonyl (C=S) groups is 1. The van der Waals surface area contributed by atoms with Crippen molar-refractivity contribution in [1.82, 2.24) is 10.4 Å². The molecule has 4 amide bonds. The Morgan fingerprint density at radius 3 is 2.37 bits per heavy atom. The van der Waals surface area contributed by atoms with Gasteiger partial charge in [-0.15, -0.1) is 0 Å². The summed E-state index contributed by atoms with van der Waals surface area (Å²) in [6.07, 6.45) is 0. The van der Waals surface area contributed by atoms with Crippen LogP contribution >= 0.6 is 24.0 Å². The smallest absolute Gasteiger partial charge is 0.274 e. The topological polar surface area (TPSA) is 86.8 Å². The highest BCUT2D eigenvalue weighted by molar-refractivity contribution is 8.26. The molecule has 30 heavy (non-hydrogen) atoms. The zero-order valence-corrected chi connectivity index (χ0v) is 17.6. The lowest BCUT2D eigenvalue weighted by Gasteiger charge is -2.16. The summed E-state index contributed by atoms with van der Waals surface area (Å²) in [5.41, 5.74) is 4.67. The van der Waals surface area contributed by atoms with E-state index in [1.807, 2.05) is 0 Å². The van der Waals surface area contributed by atoms with Gasteiger partial charge in [0.1, 0.15) is 0 Å². The molecular weight excluding hydrogens is 422 g/mol. The average Bonchev–Trinajstić information content (AvgIpc) is 3.15. The van der Waals surface area contributed by atoms with Crippen LogP contribution in [0.25, 0.3) is 5.57 Å². The molecule has 0 aliphatic carbocycles. The van der Waals surface area contributed by atoms with E-state index in [4.69, 9.17) is 12.2 Å². The molecule has 1 saturated heterocycles. The Labute approximate surface area is 181 Å². The van der Waals surface area contributed by atoms with E-state index in [1.54, 1.807) is 55.5 Å². The zero-order chi connectivity index (χ0) is 21.6. The van der Waals surface area contributed by atoms with Crippen molar-refractivity contribution in [3.8, 4) is 0 Å². The van der Waals surface area contributed by atoms with Gasteiger partial charge >= 0.3 is 0 Å². The summed E-state index contributed by atoms with van der Waals surface area (Å²) in [7, 11) is 0. The lowest BCUT2D eigenvalue weighted by atomic mass is 10.1. The number of anilines is 1. The Morgan fingerprint density at radius 2 is 1.67 bits per heavy atom. The number of hydrazine groups is 1. The maximum atomic E-state index is 13.1. The van der Waals surface area contributed by atoms with Gasteiger partial charge in [0.05, 0.1) is 16.2 Å². The number of carbonyl (C=O) groups is 4. The molecule has 0 bridgehead atoms. The highest BCUT2D eigenvalue weighted by Gasteiger charge is 2.43. The van der Waals surface area contributed by atoms with Crippen LogP contribution in [0.15, 0.2) is 53.4 Å². The molecule has 2 aliphatic heterocycles. The van der Waals surface area contributed by atoms with Crippen LogP contribution in [0.2, 0.25) is 0 Å². The fourth-order valence-corrected chi connectivity index (χ4v) is 4.60. The largest absolute Gasteiger partial charge is 0.286 e. The molecule has 150 valence electrons. The Balaban J connectivity index is 1.71. The first-order valence-corrected chi connectivity index (χ1v) is 10.1. The fraction of sp³-hybridized carbons (Fsp3) is 0.0952. The third-order valence-corrected chi connectivity index (χ3v) is 6.12. The number of rotatable bonds is 2. The highest BCUT2D eigenvalue weighted by atomic mass is 32.2. The minimum atomic E-state index is -0.615. The van der Waals surface area contributed by atoms with Gasteiger partial charge in [0.15, 0.2) is 4.32 Å². The molecule has 9 heteroatoms. The minimum Gasteiger partial charge on any atom is -0.274 e. The van der Waals surface area contributed by atoms with Gasteiger partial charge in [0.25, 0.3) is 17.7 Å². The lowest BCUT2D eigenvalue weighted by Crippen LogP contribution is -2.45. The predicted octanol–water partition coefficient (Wildman–Crippen LogP) is 2.80. The summed E-state index contributed by atoms with van der Waals surface area (Å²) < 4.78 is 0.0935. The second-order valence-electron chi connectivity index (χ2n) is 6.65. The van der Waals surface area contributed by atoms with E-state index in [1.165, 1.54) is 6.92 Å². The second-order valence-corrected chi connectivity index (χ2v) is 8.29. The van der Waals surface area contributed by atoms with Crippen molar-refractivity contribution >= 4 is 63.2 Å². The van der Waals surface area contributed by atoms with E-state index in [9.17, 15) is 19.2 Å². The molecular formula is C21H15N3O4S2. The molecule has 2 aromatic carbocycles. The monoisotopic (exact) mass is 437 g/mol. The number of benzene rings is 2. The number of aryl methyl sites for hydroxylation is 1. The summed E-state index contributed by atoms with van der Waals surface area (Å²) in [6, 6.07) is 13.7. The summed E-state index contributed by atoms with van der Waals surface area (Å²) in [6.45, 7) is 3.07. The average molecular weight is 438 g/mol. The number of nitrogens with zero attached hydrogens (tertiary/aromatic N) is 2. The highest BCUT2D eigenvalue weighted by Crippen LogP contribution is 2.44. The molecule has 1 fully saturated rings. The normalized spacial score (nSPS) is 18.1. The van der Waals surface area contributed by atoms with Gasteiger partial charge in [0.2, 0.25) is 5.91 Å². The van der Waals surface area contributed by atoms with E-state index in [-0.39, 0.29) is 14.8 Å². The third kappa shape index (κ3) is 3.12. The second kappa shape index (κ2) is 7.51. The van der Waals surface area contributed by atoms with E-state index in [2.05, 4.69) is 5.43 Å². The van der Waals surface area contributed by atoms with Crippen LogP contribution in [0.5, 0.6) is 0 Å². The first-order valence-electron chi connectivity index (χ1n) is 8.93. The predicted molar refractivity (Wildman–Crippen MR) is 117 cm³/mol. The van der Waals surface area contributed by atoms with E-state index >= 15 is 0 Å². The van der Waals surface area contributed by atoms with Crippen molar-refractivity contribution in [3.63, 3.8) is 0 Å². The first-order chi connectivity index (χ1) is 14.3. The number of hydrogen-bond acceptors (Lipinski definition) is 6. The van der Waals surface area contributed by atoms with Gasteiger partial charge in [0, 0.05) is 18.1 Å². The number of hydrogen-bond donors (Lipinski definition) is 1. The number of fused-ring (bicyclic) bond motifs is 1. The van der Waals surface area contributed by atoms with Crippen molar-refractivity contribution in [2.24, 2.45) is 0 Å². The van der Waals surface area contributed by atoms with Gasteiger partial charge in [-0.05, 0) is 36.8 Å². The van der Waals surface area contributed by atoms with Crippen LogP contribution in [0.3, 0.4) is 0 Å². The molecule has 0 unspecified atom stereocenters.